The van der Waals surface area contributed by atoms with E-state index < -0.39 is 6.03 Å². The van der Waals surface area contributed by atoms with Crippen LogP contribution in [0.25, 0.3) is 0 Å². The second kappa shape index (κ2) is 7.38. The SMILES string of the molecule is C[C@]12CC/C(=N/NC(N)=O)C=C1CC[C@H]1[C@H]3CC/C(=N\NC(N)=S)[C@@]3(C)CC[C@@H]12. The molecule has 0 heterocycles. The summed E-state index contributed by atoms with van der Waals surface area (Å²) in [6, 6.07) is -0.608. The van der Waals surface area contributed by atoms with E-state index in [9.17, 15) is 4.79 Å². The van der Waals surface area contributed by atoms with Gasteiger partial charge in [0.25, 0.3) is 0 Å². The number of carbonyl (C=O) groups excluding carboxylic acids is 1. The number of nitrogens with one attached hydrogen (secondary N) is 2. The Morgan fingerprint density at radius 1 is 1.03 bits per heavy atom. The summed E-state index contributed by atoms with van der Waals surface area (Å²) in [5.41, 5.74) is 20.0. The van der Waals surface area contributed by atoms with Crippen LogP contribution >= 0.6 is 12.2 Å². The van der Waals surface area contributed by atoms with Gasteiger partial charge in [0.15, 0.2) is 5.11 Å². The Bertz CT molecular complexity index is 820. The molecule has 2 amide bonds. The molecule has 6 N–H and O–H groups in total. The topological polar surface area (TPSA) is 118 Å². The van der Waals surface area contributed by atoms with Crippen molar-refractivity contribution in [3.05, 3.63) is 11.6 Å². The van der Waals surface area contributed by atoms with Gasteiger partial charge in [0.1, 0.15) is 0 Å². The van der Waals surface area contributed by atoms with Gasteiger partial charge in [-0.2, -0.15) is 10.2 Å². The lowest BCUT2D eigenvalue weighted by atomic mass is 9.47. The lowest BCUT2D eigenvalue weighted by Gasteiger charge is -2.57. The molecule has 29 heavy (non-hydrogen) atoms. The number of hydrogen-bond acceptors (Lipinski definition) is 4. The van der Waals surface area contributed by atoms with Gasteiger partial charge in [-0.1, -0.05) is 19.4 Å². The molecular formula is C21H32N6OS. The van der Waals surface area contributed by atoms with Gasteiger partial charge in [-0.05, 0) is 92.8 Å². The third-order valence-corrected chi connectivity index (χ3v) is 8.42. The summed E-state index contributed by atoms with van der Waals surface area (Å²) in [5, 5.41) is 9.02. The van der Waals surface area contributed by atoms with Gasteiger partial charge in [-0.25, -0.2) is 10.2 Å². The molecule has 8 heteroatoms. The minimum atomic E-state index is -0.608. The predicted molar refractivity (Wildman–Crippen MR) is 119 cm³/mol. The molecule has 0 spiro atoms. The first kappa shape index (κ1) is 20.3. The number of nitrogens with zero attached hydrogens (tertiary/aromatic N) is 2. The highest BCUT2D eigenvalue weighted by atomic mass is 32.1. The summed E-state index contributed by atoms with van der Waals surface area (Å²) in [6.45, 7) is 4.85. The van der Waals surface area contributed by atoms with Crippen LogP contribution in [-0.2, 0) is 0 Å². The quantitative estimate of drug-likeness (QED) is 0.408. The number of carbonyl (C=O) groups is 1. The molecule has 0 bridgehead atoms. The Kier molecular flexibility index (Phi) is 5.17. The van der Waals surface area contributed by atoms with Crippen molar-refractivity contribution in [3.8, 4) is 0 Å². The van der Waals surface area contributed by atoms with E-state index in [0.717, 1.165) is 37.3 Å². The number of fused-ring (bicyclic) bond motifs is 5. The molecule has 0 radical (unpaired) electrons. The monoisotopic (exact) mass is 416 g/mol. The highest BCUT2D eigenvalue weighted by Crippen LogP contribution is 2.64. The molecule has 4 aliphatic rings. The standard InChI is InChI=1S/C21H32N6OS/c1-20-9-7-13(24-26-18(22)28)11-12(20)3-4-14-15-5-6-17(25-27-19(23)29)21(15,2)10-8-16(14)20/h11,14-16H,3-10H2,1-2H3,(H3,22,26,28)(H3,23,27,29)/b24-13-,25-17+/t14-,15+,16-,20-,21-/m0/s1. The van der Waals surface area contributed by atoms with Crippen molar-refractivity contribution in [2.45, 2.75) is 65.2 Å². The van der Waals surface area contributed by atoms with E-state index in [1.54, 1.807) is 0 Å². The van der Waals surface area contributed by atoms with Crippen molar-refractivity contribution in [1.29, 1.82) is 0 Å². The zero-order valence-electron chi connectivity index (χ0n) is 17.3. The third kappa shape index (κ3) is 3.45. The molecule has 4 aliphatic carbocycles. The van der Waals surface area contributed by atoms with Gasteiger partial charge in [0, 0.05) is 11.1 Å². The van der Waals surface area contributed by atoms with E-state index in [1.807, 2.05) is 0 Å². The number of rotatable bonds is 2. The average Bonchev–Trinajstić information content (AvgIpc) is 3.01. The van der Waals surface area contributed by atoms with Crippen LogP contribution in [-0.4, -0.2) is 22.6 Å². The largest absolute Gasteiger partial charge is 0.375 e. The van der Waals surface area contributed by atoms with E-state index in [1.165, 1.54) is 37.0 Å². The first-order valence-corrected chi connectivity index (χ1v) is 11.1. The maximum absolute atomic E-state index is 11.0. The minimum Gasteiger partial charge on any atom is -0.375 e. The Labute approximate surface area is 177 Å². The Hall–Kier alpha value is -1.96. The van der Waals surface area contributed by atoms with Gasteiger partial charge >= 0.3 is 6.03 Å². The summed E-state index contributed by atoms with van der Waals surface area (Å²) in [7, 11) is 0. The van der Waals surface area contributed by atoms with E-state index >= 15 is 0 Å². The molecule has 3 saturated carbocycles. The first-order chi connectivity index (χ1) is 13.7. The van der Waals surface area contributed by atoms with Crippen molar-refractivity contribution in [3.63, 3.8) is 0 Å². The number of hydrazone groups is 2. The first-order valence-electron chi connectivity index (χ1n) is 10.7. The van der Waals surface area contributed by atoms with Gasteiger partial charge in [0.2, 0.25) is 0 Å². The summed E-state index contributed by atoms with van der Waals surface area (Å²) in [6.07, 6.45) is 11.2. The fraction of sp³-hybridized carbons (Fsp3) is 0.714. The molecule has 0 aromatic heterocycles. The number of amides is 2. The molecule has 0 saturated heterocycles. The van der Waals surface area contributed by atoms with E-state index in [4.69, 9.17) is 23.7 Å². The van der Waals surface area contributed by atoms with Crippen molar-refractivity contribution >= 4 is 34.8 Å². The molecule has 0 unspecified atom stereocenters. The van der Waals surface area contributed by atoms with E-state index in [-0.39, 0.29) is 15.9 Å². The van der Waals surface area contributed by atoms with Crippen molar-refractivity contribution in [2.24, 2.45) is 50.3 Å². The Morgan fingerprint density at radius 2 is 1.79 bits per heavy atom. The fourth-order valence-corrected chi connectivity index (χ4v) is 6.93. The average molecular weight is 417 g/mol. The van der Waals surface area contributed by atoms with Crippen LogP contribution in [0, 0.1) is 28.6 Å². The van der Waals surface area contributed by atoms with Crippen LogP contribution < -0.4 is 22.3 Å². The summed E-state index contributed by atoms with van der Waals surface area (Å²) < 4.78 is 0. The maximum Gasteiger partial charge on any atom is 0.332 e. The number of hydrogen-bond donors (Lipinski definition) is 4. The lowest BCUT2D eigenvalue weighted by molar-refractivity contribution is -0.0155. The molecular weight excluding hydrogens is 384 g/mol. The van der Waals surface area contributed by atoms with Crippen LogP contribution in [0.15, 0.2) is 21.9 Å². The van der Waals surface area contributed by atoms with Crippen molar-refractivity contribution in [1.82, 2.24) is 10.9 Å². The number of nitrogens with two attached hydrogens (primary N) is 2. The van der Waals surface area contributed by atoms with E-state index in [2.05, 4.69) is 41.0 Å². The third-order valence-electron chi connectivity index (χ3n) is 8.33. The maximum atomic E-state index is 11.0. The minimum absolute atomic E-state index is 0.156. The fourth-order valence-electron chi connectivity index (χ4n) is 6.88. The smallest absolute Gasteiger partial charge is 0.332 e. The van der Waals surface area contributed by atoms with Gasteiger partial charge in [0.05, 0.1) is 5.71 Å². The molecule has 4 rings (SSSR count). The molecule has 0 aliphatic heterocycles. The number of allylic oxidation sites excluding steroid dienone is 2. The number of urea groups is 1. The number of primary amides is 1. The Morgan fingerprint density at radius 3 is 2.52 bits per heavy atom. The highest BCUT2D eigenvalue weighted by Gasteiger charge is 2.58. The van der Waals surface area contributed by atoms with Gasteiger partial charge in [-0.3, -0.25) is 5.43 Å². The van der Waals surface area contributed by atoms with Crippen LogP contribution in [0.4, 0.5) is 4.79 Å². The second-order valence-electron chi connectivity index (χ2n) is 9.61. The Balaban J connectivity index is 1.57. The van der Waals surface area contributed by atoms with Gasteiger partial charge in [-0.15, -0.1) is 0 Å². The zero-order valence-corrected chi connectivity index (χ0v) is 18.1. The zero-order chi connectivity index (χ0) is 20.8. The van der Waals surface area contributed by atoms with Crippen molar-refractivity contribution in [2.75, 3.05) is 0 Å². The number of thiocarbonyl (C=S) groups is 1. The van der Waals surface area contributed by atoms with Crippen molar-refractivity contribution < 1.29 is 4.79 Å². The molecule has 0 aromatic carbocycles. The second-order valence-corrected chi connectivity index (χ2v) is 10.1. The molecule has 158 valence electrons. The summed E-state index contributed by atoms with van der Waals surface area (Å²) in [5.74, 6) is 2.11. The molecule has 0 aromatic rings. The lowest BCUT2D eigenvalue weighted by Crippen LogP contribution is -2.50. The van der Waals surface area contributed by atoms with Crippen LogP contribution in [0.3, 0.4) is 0 Å². The molecule has 3 fully saturated rings. The van der Waals surface area contributed by atoms with Crippen LogP contribution in [0.2, 0.25) is 0 Å². The highest BCUT2D eigenvalue weighted by molar-refractivity contribution is 7.80. The van der Waals surface area contributed by atoms with E-state index in [0.29, 0.717) is 11.8 Å². The normalized spacial score (nSPS) is 41.2. The van der Waals surface area contributed by atoms with Crippen LogP contribution in [0.5, 0.6) is 0 Å². The molecule has 7 nitrogen and oxygen atoms in total. The molecule has 5 atom stereocenters. The van der Waals surface area contributed by atoms with Gasteiger partial charge < -0.3 is 11.5 Å². The predicted octanol–water partition coefficient (Wildman–Crippen LogP) is 3.16. The summed E-state index contributed by atoms with van der Waals surface area (Å²) >= 11 is 4.94. The summed E-state index contributed by atoms with van der Waals surface area (Å²) in [4.78, 5) is 11.0. The van der Waals surface area contributed by atoms with Crippen LogP contribution in [0.1, 0.15) is 65.2 Å².